The summed E-state index contributed by atoms with van der Waals surface area (Å²) in [6, 6.07) is 7.71. The van der Waals surface area contributed by atoms with E-state index in [4.69, 9.17) is 11.6 Å². The summed E-state index contributed by atoms with van der Waals surface area (Å²) in [5.41, 5.74) is 1.73. The molecule has 0 aliphatic rings. The summed E-state index contributed by atoms with van der Waals surface area (Å²) in [5.74, 6) is 0. The van der Waals surface area contributed by atoms with Gasteiger partial charge in [-0.3, -0.25) is 4.79 Å². The van der Waals surface area contributed by atoms with Crippen LogP contribution in [0.1, 0.15) is 5.56 Å². The molecule has 0 saturated heterocycles. The molecule has 1 aromatic carbocycles. The number of halogens is 2. The molecule has 1 heterocycles. The first-order valence-corrected chi connectivity index (χ1v) is 6.95. The molecular weight excluding hydrogens is 330 g/mol. The zero-order chi connectivity index (χ0) is 13.8. The maximum absolute atomic E-state index is 11.7. The van der Waals surface area contributed by atoms with Crippen LogP contribution in [0.25, 0.3) is 0 Å². The number of rotatable bonds is 4. The van der Waals surface area contributed by atoms with E-state index in [2.05, 4.69) is 26.3 Å². The van der Waals surface area contributed by atoms with Gasteiger partial charge < -0.3 is 5.32 Å². The van der Waals surface area contributed by atoms with Crippen LogP contribution in [0.15, 0.2) is 39.7 Å². The van der Waals surface area contributed by atoms with Crippen LogP contribution in [0.2, 0.25) is 5.02 Å². The first kappa shape index (κ1) is 14.1. The fraction of sp³-hybridized carbons (Fsp3) is 0.231. The Morgan fingerprint density at radius 3 is 2.74 bits per heavy atom. The van der Waals surface area contributed by atoms with Gasteiger partial charge in [-0.05, 0) is 40.0 Å². The van der Waals surface area contributed by atoms with Gasteiger partial charge >= 0.3 is 0 Å². The minimum absolute atomic E-state index is 0.156. The fourth-order valence-corrected chi connectivity index (χ4v) is 2.25. The second-order valence-corrected chi connectivity index (χ2v) is 5.33. The third-order valence-electron chi connectivity index (χ3n) is 2.72. The van der Waals surface area contributed by atoms with E-state index in [1.165, 1.54) is 10.2 Å². The Bertz CT molecular complexity index is 625. The van der Waals surface area contributed by atoms with Crippen LogP contribution in [0.3, 0.4) is 0 Å². The SMILES string of the molecule is Cn1ncc(NCCc2ccc(Cl)cc2)c(Br)c1=O. The van der Waals surface area contributed by atoms with E-state index >= 15 is 0 Å². The average molecular weight is 343 g/mol. The van der Waals surface area contributed by atoms with Crippen LogP contribution in [-0.2, 0) is 13.5 Å². The Hall–Kier alpha value is -1.33. The first-order valence-electron chi connectivity index (χ1n) is 5.78. The molecule has 0 spiro atoms. The van der Waals surface area contributed by atoms with Gasteiger partial charge in [0.2, 0.25) is 0 Å². The smallest absolute Gasteiger partial charge is 0.282 e. The molecule has 0 unspecified atom stereocenters. The molecule has 0 amide bonds. The van der Waals surface area contributed by atoms with E-state index in [0.29, 0.717) is 10.2 Å². The Kier molecular flexibility index (Phi) is 4.61. The molecule has 0 fully saturated rings. The van der Waals surface area contributed by atoms with Gasteiger partial charge in [0.05, 0.1) is 11.9 Å². The van der Waals surface area contributed by atoms with Crippen molar-refractivity contribution >= 4 is 33.2 Å². The summed E-state index contributed by atoms with van der Waals surface area (Å²) in [6.07, 6.45) is 2.48. The van der Waals surface area contributed by atoms with E-state index in [0.717, 1.165) is 18.0 Å². The maximum atomic E-state index is 11.7. The molecular formula is C13H13BrClN3O. The van der Waals surface area contributed by atoms with Crippen molar-refractivity contribution in [2.45, 2.75) is 6.42 Å². The molecule has 0 radical (unpaired) electrons. The van der Waals surface area contributed by atoms with E-state index < -0.39 is 0 Å². The molecule has 4 nitrogen and oxygen atoms in total. The fourth-order valence-electron chi connectivity index (χ4n) is 1.63. The monoisotopic (exact) mass is 341 g/mol. The van der Waals surface area contributed by atoms with E-state index in [-0.39, 0.29) is 5.56 Å². The highest BCUT2D eigenvalue weighted by molar-refractivity contribution is 9.10. The van der Waals surface area contributed by atoms with Crippen molar-refractivity contribution in [1.82, 2.24) is 9.78 Å². The largest absolute Gasteiger partial charge is 0.382 e. The summed E-state index contributed by atoms with van der Waals surface area (Å²) in [6.45, 7) is 0.717. The summed E-state index contributed by atoms with van der Waals surface area (Å²) >= 11 is 9.10. The van der Waals surface area contributed by atoms with Gasteiger partial charge in [0, 0.05) is 18.6 Å². The van der Waals surface area contributed by atoms with Crippen LogP contribution in [0, 0.1) is 0 Å². The summed E-state index contributed by atoms with van der Waals surface area (Å²) < 4.78 is 1.79. The van der Waals surface area contributed by atoms with Crippen molar-refractivity contribution in [3.05, 3.63) is 55.9 Å². The number of hydrogen-bond acceptors (Lipinski definition) is 3. The molecule has 0 bridgehead atoms. The highest BCUT2D eigenvalue weighted by atomic mass is 79.9. The molecule has 0 aliphatic carbocycles. The Morgan fingerprint density at radius 1 is 1.37 bits per heavy atom. The van der Waals surface area contributed by atoms with Crippen LogP contribution >= 0.6 is 27.5 Å². The number of nitrogens with one attached hydrogen (secondary N) is 1. The molecule has 2 rings (SSSR count). The van der Waals surface area contributed by atoms with Crippen LogP contribution < -0.4 is 10.9 Å². The summed E-state index contributed by atoms with van der Waals surface area (Å²) in [4.78, 5) is 11.7. The van der Waals surface area contributed by atoms with Gasteiger partial charge in [-0.2, -0.15) is 5.10 Å². The molecule has 1 aromatic heterocycles. The van der Waals surface area contributed by atoms with Gasteiger partial charge in [-0.15, -0.1) is 0 Å². The predicted molar refractivity (Wildman–Crippen MR) is 80.8 cm³/mol. The lowest BCUT2D eigenvalue weighted by atomic mass is 10.1. The number of nitrogens with zero attached hydrogens (tertiary/aromatic N) is 2. The van der Waals surface area contributed by atoms with E-state index in [1.807, 2.05) is 24.3 Å². The molecule has 19 heavy (non-hydrogen) atoms. The highest BCUT2D eigenvalue weighted by Crippen LogP contribution is 2.16. The third-order valence-corrected chi connectivity index (χ3v) is 3.74. The quantitative estimate of drug-likeness (QED) is 0.929. The van der Waals surface area contributed by atoms with Crippen molar-refractivity contribution in [2.75, 3.05) is 11.9 Å². The Labute approximate surface area is 124 Å². The van der Waals surface area contributed by atoms with Gasteiger partial charge in [-0.1, -0.05) is 23.7 Å². The van der Waals surface area contributed by atoms with Gasteiger partial charge in [0.15, 0.2) is 0 Å². The van der Waals surface area contributed by atoms with Crippen molar-refractivity contribution < 1.29 is 0 Å². The average Bonchev–Trinajstić information content (AvgIpc) is 2.41. The minimum Gasteiger partial charge on any atom is -0.382 e. The topological polar surface area (TPSA) is 46.9 Å². The Balaban J connectivity index is 1.98. The van der Waals surface area contributed by atoms with Crippen molar-refractivity contribution in [2.24, 2.45) is 7.05 Å². The van der Waals surface area contributed by atoms with Crippen molar-refractivity contribution in [1.29, 1.82) is 0 Å². The standard InChI is InChI=1S/C13H13BrClN3O/c1-18-13(19)12(14)11(8-17-18)16-7-6-9-2-4-10(15)5-3-9/h2-5,8,16H,6-7H2,1H3. The number of benzene rings is 1. The summed E-state index contributed by atoms with van der Waals surface area (Å²) in [7, 11) is 1.62. The van der Waals surface area contributed by atoms with Crippen LogP contribution in [0.5, 0.6) is 0 Å². The lowest BCUT2D eigenvalue weighted by Gasteiger charge is -2.08. The van der Waals surface area contributed by atoms with Crippen molar-refractivity contribution in [3.8, 4) is 0 Å². The molecule has 6 heteroatoms. The molecule has 100 valence electrons. The van der Waals surface area contributed by atoms with E-state index in [1.54, 1.807) is 13.2 Å². The van der Waals surface area contributed by atoms with Crippen LogP contribution in [0.4, 0.5) is 5.69 Å². The first-order chi connectivity index (χ1) is 9.08. The lowest BCUT2D eigenvalue weighted by molar-refractivity contribution is 0.703. The zero-order valence-corrected chi connectivity index (χ0v) is 12.7. The number of hydrogen-bond donors (Lipinski definition) is 1. The molecule has 1 N–H and O–H groups in total. The second kappa shape index (κ2) is 6.21. The minimum atomic E-state index is -0.156. The molecule has 0 saturated carbocycles. The predicted octanol–water partition coefficient (Wildman–Crippen LogP) is 2.85. The zero-order valence-electron chi connectivity index (χ0n) is 10.4. The third kappa shape index (κ3) is 3.58. The molecule has 0 atom stereocenters. The van der Waals surface area contributed by atoms with E-state index in [9.17, 15) is 4.79 Å². The van der Waals surface area contributed by atoms with Crippen LogP contribution in [-0.4, -0.2) is 16.3 Å². The highest BCUT2D eigenvalue weighted by Gasteiger charge is 2.05. The maximum Gasteiger partial charge on any atom is 0.282 e. The number of anilines is 1. The van der Waals surface area contributed by atoms with Gasteiger partial charge in [-0.25, -0.2) is 4.68 Å². The molecule has 0 aliphatic heterocycles. The Morgan fingerprint density at radius 2 is 2.05 bits per heavy atom. The lowest BCUT2D eigenvalue weighted by Crippen LogP contribution is -2.21. The second-order valence-electron chi connectivity index (χ2n) is 4.10. The number of aromatic nitrogens is 2. The normalized spacial score (nSPS) is 10.5. The number of aryl methyl sites for hydroxylation is 1. The molecule has 2 aromatic rings. The van der Waals surface area contributed by atoms with Crippen molar-refractivity contribution in [3.63, 3.8) is 0 Å². The van der Waals surface area contributed by atoms with Gasteiger partial charge in [0.25, 0.3) is 5.56 Å². The summed E-state index contributed by atoms with van der Waals surface area (Å²) in [5, 5.41) is 7.89. The van der Waals surface area contributed by atoms with Gasteiger partial charge in [0.1, 0.15) is 4.47 Å².